The number of aliphatic carboxylic acids is 1. The molecule has 1 aliphatic heterocycles. The van der Waals surface area contributed by atoms with Gasteiger partial charge in [-0.1, -0.05) is 0 Å². The normalized spacial score (nSPS) is 28.8. The second-order valence-electron chi connectivity index (χ2n) is 3.50. The molecule has 1 heterocycles. The van der Waals surface area contributed by atoms with Gasteiger partial charge >= 0.3 is 12.1 Å². The number of carboxylic acids is 1. The molecular formula is C8H12F3NO2. The second kappa shape index (κ2) is 4.16. The van der Waals surface area contributed by atoms with Crippen LogP contribution in [0.25, 0.3) is 0 Å². The summed E-state index contributed by atoms with van der Waals surface area (Å²) in [4.78, 5) is 10.4. The molecule has 0 amide bonds. The minimum absolute atomic E-state index is 0.165. The van der Waals surface area contributed by atoms with Crippen LogP contribution in [0.1, 0.15) is 12.8 Å². The quantitative estimate of drug-likeness (QED) is 0.722. The van der Waals surface area contributed by atoms with E-state index in [-0.39, 0.29) is 13.0 Å². The van der Waals surface area contributed by atoms with Crippen molar-refractivity contribution in [2.75, 3.05) is 13.1 Å². The Morgan fingerprint density at radius 3 is 2.64 bits per heavy atom. The van der Waals surface area contributed by atoms with Gasteiger partial charge in [0.15, 0.2) is 0 Å². The number of halogens is 3. The first-order valence-corrected chi connectivity index (χ1v) is 4.40. The molecule has 2 atom stereocenters. The maximum absolute atomic E-state index is 12.4. The monoisotopic (exact) mass is 211 g/mol. The van der Waals surface area contributed by atoms with Gasteiger partial charge in [0.2, 0.25) is 0 Å². The molecule has 1 aliphatic rings. The number of rotatable bonds is 2. The SMILES string of the molecule is O=C(O)CC1CCNCC1C(F)(F)F. The van der Waals surface area contributed by atoms with Crippen LogP contribution in [0.4, 0.5) is 13.2 Å². The molecule has 0 saturated carbocycles. The lowest BCUT2D eigenvalue weighted by Gasteiger charge is -2.32. The largest absolute Gasteiger partial charge is 0.481 e. The van der Waals surface area contributed by atoms with E-state index in [0.717, 1.165) is 0 Å². The predicted octanol–water partition coefficient (Wildman–Crippen LogP) is 1.25. The summed E-state index contributed by atoms with van der Waals surface area (Å²) >= 11 is 0. The van der Waals surface area contributed by atoms with Gasteiger partial charge in [-0.15, -0.1) is 0 Å². The zero-order valence-electron chi connectivity index (χ0n) is 7.47. The van der Waals surface area contributed by atoms with Crippen LogP contribution in [-0.2, 0) is 4.79 Å². The molecule has 0 aliphatic carbocycles. The molecule has 0 radical (unpaired) electrons. The molecule has 1 rings (SSSR count). The maximum atomic E-state index is 12.4. The first-order valence-electron chi connectivity index (χ1n) is 4.40. The molecule has 14 heavy (non-hydrogen) atoms. The molecule has 0 aromatic heterocycles. The van der Waals surface area contributed by atoms with Crippen LogP contribution < -0.4 is 5.32 Å². The van der Waals surface area contributed by atoms with Gasteiger partial charge in [0.25, 0.3) is 0 Å². The molecule has 3 nitrogen and oxygen atoms in total. The fourth-order valence-corrected chi connectivity index (χ4v) is 1.76. The zero-order valence-corrected chi connectivity index (χ0v) is 7.47. The van der Waals surface area contributed by atoms with Gasteiger partial charge in [-0.25, -0.2) is 0 Å². The van der Waals surface area contributed by atoms with Crippen molar-refractivity contribution in [3.63, 3.8) is 0 Å². The predicted molar refractivity (Wildman–Crippen MR) is 42.8 cm³/mol. The summed E-state index contributed by atoms with van der Waals surface area (Å²) in [5, 5.41) is 11.1. The van der Waals surface area contributed by atoms with Crippen molar-refractivity contribution in [1.29, 1.82) is 0 Å². The average Bonchev–Trinajstić information content (AvgIpc) is 2.01. The van der Waals surface area contributed by atoms with E-state index in [4.69, 9.17) is 5.11 Å². The Labute approximate surface area is 79.3 Å². The Bertz CT molecular complexity index is 217. The van der Waals surface area contributed by atoms with Crippen LogP contribution in [-0.4, -0.2) is 30.3 Å². The first-order chi connectivity index (χ1) is 6.41. The van der Waals surface area contributed by atoms with E-state index < -0.39 is 30.4 Å². The number of piperidine rings is 1. The van der Waals surface area contributed by atoms with Crippen molar-refractivity contribution in [3.8, 4) is 0 Å². The lowest BCUT2D eigenvalue weighted by atomic mass is 9.83. The molecule has 0 aromatic rings. The first kappa shape index (κ1) is 11.3. The van der Waals surface area contributed by atoms with Crippen molar-refractivity contribution in [2.45, 2.75) is 19.0 Å². The lowest BCUT2D eigenvalue weighted by Crippen LogP contribution is -2.45. The fourth-order valence-electron chi connectivity index (χ4n) is 1.76. The molecule has 2 N–H and O–H groups in total. The zero-order chi connectivity index (χ0) is 10.8. The molecule has 6 heteroatoms. The minimum atomic E-state index is -4.30. The van der Waals surface area contributed by atoms with Crippen molar-refractivity contribution < 1.29 is 23.1 Å². The van der Waals surface area contributed by atoms with E-state index in [0.29, 0.717) is 6.54 Å². The lowest BCUT2D eigenvalue weighted by molar-refractivity contribution is -0.193. The molecule has 0 bridgehead atoms. The number of nitrogens with one attached hydrogen (secondary N) is 1. The highest BCUT2D eigenvalue weighted by Crippen LogP contribution is 2.36. The number of alkyl halides is 3. The Kier molecular flexibility index (Phi) is 3.36. The summed E-state index contributed by atoms with van der Waals surface area (Å²) in [6.45, 7) is 0.298. The van der Waals surface area contributed by atoms with Crippen LogP contribution in [0.3, 0.4) is 0 Å². The molecule has 1 saturated heterocycles. The van der Waals surface area contributed by atoms with Crippen LogP contribution in [0.5, 0.6) is 0 Å². The molecule has 0 aromatic carbocycles. The van der Waals surface area contributed by atoms with Gasteiger partial charge in [0.05, 0.1) is 5.92 Å². The number of carboxylic acid groups (broad SMARTS) is 1. The fraction of sp³-hybridized carbons (Fsp3) is 0.875. The third-order valence-corrected chi connectivity index (χ3v) is 2.48. The van der Waals surface area contributed by atoms with Crippen molar-refractivity contribution in [3.05, 3.63) is 0 Å². The molecule has 0 spiro atoms. The third kappa shape index (κ3) is 2.87. The van der Waals surface area contributed by atoms with Gasteiger partial charge in [-0.05, 0) is 18.9 Å². The Morgan fingerprint density at radius 2 is 2.14 bits per heavy atom. The van der Waals surface area contributed by atoms with E-state index in [9.17, 15) is 18.0 Å². The van der Waals surface area contributed by atoms with E-state index in [2.05, 4.69) is 5.32 Å². The second-order valence-corrected chi connectivity index (χ2v) is 3.50. The Morgan fingerprint density at radius 1 is 1.50 bits per heavy atom. The van der Waals surface area contributed by atoms with E-state index in [1.54, 1.807) is 0 Å². The Hall–Kier alpha value is -0.780. The molecule has 1 fully saturated rings. The highest BCUT2D eigenvalue weighted by Gasteiger charge is 2.45. The van der Waals surface area contributed by atoms with Gasteiger partial charge in [0, 0.05) is 13.0 Å². The van der Waals surface area contributed by atoms with Gasteiger partial charge in [-0.3, -0.25) is 4.79 Å². The number of hydrogen-bond acceptors (Lipinski definition) is 2. The summed E-state index contributed by atoms with van der Waals surface area (Å²) in [6, 6.07) is 0. The van der Waals surface area contributed by atoms with Gasteiger partial charge < -0.3 is 10.4 Å². The highest BCUT2D eigenvalue weighted by atomic mass is 19.4. The van der Waals surface area contributed by atoms with Crippen molar-refractivity contribution >= 4 is 5.97 Å². The smallest absolute Gasteiger partial charge is 0.393 e. The topological polar surface area (TPSA) is 49.3 Å². The molecule has 82 valence electrons. The van der Waals surface area contributed by atoms with Crippen LogP contribution in [0.15, 0.2) is 0 Å². The standard InChI is InChI=1S/C8H12F3NO2/c9-8(10,11)6-4-12-2-1-5(6)3-7(13)14/h5-6,12H,1-4H2,(H,13,14). The van der Waals surface area contributed by atoms with Crippen molar-refractivity contribution in [2.24, 2.45) is 11.8 Å². The van der Waals surface area contributed by atoms with E-state index >= 15 is 0 Å². The summed E-state index contributed by atoms with van der Waals surface area (Å²) in [7, 11) is 0. The van der Waals surface area contributed by atoms with Gasteiger partial charge in [0.1, 0.15) is 0 Å². The van der Waals surface area contributed by atoms with Gasteiger partial charge in [-0.2, -0.15) is 13.2 Å². The van der Waals surface area contributed by atoms with Crippen LogP contribution >= 0.6 is 0 Å². The Balaban J connectivity index is 2.64. The summed E-state index contributed by atoms with van der Waals surface area (Å²) < 4.78 is 37.2. The molecule has 2 unspecified atom stereocenters. The van der Waals surface area contributed by atoms with E-state index in [1.807, 2.05) is 0 Å². The minimum Gasteiger partial charge on any atom is -0.481 e. The molecular weight excluding hydrogens is 199 g/mol. The number of hydrogen-bond donors (Lipinski definition) is 2. The van der Waals surface area contributed by atoms with Crippen molar-refractivity contribution in [1.82, 2.24) is 5.32 Å². The summed E-state index contributed by atoms with van der Waals surface area (Å²) in [6.07, 6.45) is -4.42. The number of carbonyl (C=O) groups is 1. The third-order valence-electron chi connectivity index (χ3n) is 2.48. The van der Waals surface area contributed by atoms with Crippen LogP contribution in [0, 0.1) is 11.8 Å². The van der Waals surface area contributed by atoms with Crippen LogP contribution in [0.2, 0.25) is 0 Å². The maximum Gasteiger partial charge on any atom is 0.393 e. The summed E-state index contributed by atoms with van der Waals surface area (Å²) in [5.74, 6) is -3.47. The summed E-state index contributed by atoms with van der Waals surface area (Å²) in [5.41, 5.74) is 0. The highest BCUT2D eigenvalue weighted by molar-refractivity contribution is 5.67. The average molecular weight is 211 g/mol. The van der Waals surface area contributed by atoms with E-state index in [1.165, 1.54) is 0 Å².